The maximum atomic E-state index is 13.3. The van der Waals surface area contributed by atoms with E-state index in [9.17, 15) is 8.78 Å². The molecular formula is C12H12F2N2S. The lowest BCUT2D eigenvalue weighted by atomic mass is 10.3. The molecule has 0 radical (unpaired) electrons. The molecule has 0 atom stereocenters. The summed E-state index contributed by atoms with van der Waals surface area (Å²) in [6.07, 6.45) is 2.65. The van der Waals surface area contributed by atoms with Crippen LogP contribution in [0.25, 0.3) is 0 Å². The monoisotopic (exact) mass is 254 g/mol. The summed E-state index contributed by atoms with van der Waals surface area (Å²) in [6.45, 7) is 2.49. The van der Waals surface area contributed by atoms with E-state index in [4.69, 9.17) is 0 Å². The fourth-order valence-corrected chi connectivity index (χ4v) is 2.21. The fraction of sp³-hybridized carbons (Fsp3) is 0.250. The van der Waals surface area contributed by atoms with Gasteiger partial charge in [-0.3, -0.25) is 0 Å². The van der Waals surface area contributed by atoms with E-state index in [1.54, 1.807) is 17.5 Å². The van der Waals surface area contributed by atoms with E-state index in [0.717, 1.165) is 34.5 Å². The molecular weight excluding hydrogens is 242 g/mol. The van der Waals surface area contributed by atoms with Gasteiger partial charge in [-0.1, -0.05) is 6.92 Å². The minimum Gasteiger partial charge on any atom is -0.378 e. The molecule has 0 fully saturated rings. The van der Waals surface area contributed by atoms with Crippen molar-refractivity contribution in [2.24, 2.45) is 0 Å². The van der Waals surface area contributed by atoms with Gasteiger partial charge in [0.2, 0.25) is 0 Å². The first-order valence-corrected chi connectivity index (χ1v) is 6.13. The van der Waals surface area contributed by atoms with E-state index >= 15 is 0 Å². The maximum absolute atomic E-state index is 13.3. The van der Waals surface area contributed by atoms with Crippen molar-refractivity contribution in [1.29, 1.82) is 0 Å². The molecule has 5 heteroatoms. The smallest absolute Gasteiger partial charge is 0.146 e. The predicted molar refractivity (Wildman–Crippen MR) is 65.2 cm³/mol. The van der Waals surface area contributed by atoms with Crippen LogP contribution < -0.4 is 5.32 Å². The SMILES string of the molecule is CCc1ncc(CNc2cc(F)ccc2F)s1. The van der Waals surface area contributed by atoms with E-state index < -0.39 is 11.6 Å². The summed E-state index contributed by atoms with van der Waals surface area (Å²) in [5.41, 5.74) is 0.177. The fourth-order valence-electron chi connectivity index (χ4n) is 1.41. The summed E-state index contributed by atoms with van der Waals surface area (Å²) in [6, 6.07) is 3.36. The van der Waals surface area contributed by atoms with Crippen LogP contribution in [0.3, 0.4) is 0 Å². The van der Waals surface area contributed by atoms with E-state index in [1.165, 1.54) is 0 Å². The Kier molecular flexibility index (Phi) is 3.68. The molecule has 1 aromatic heterocycles. The quantitative estimate of drug-likeness (QED) is 0.901. The van der Waals surface area contributed by atoms with Crippen molar-refractivity contribution in [1.82, 2.24) is 4.98 Å². The standard InChI is InChI=1S/C12H12F2N2S/c1-2-12-16-7-9(17-12)6-15-11-5-8(13)3-4-10(11)14/h3-5,7,15H,2,6H2,1H3. The number of anilines is 1. The van der Waals surface area contributed by atoms with Crippen molar-refractivity contribution >= 4 is 17.0 Å². The van der Waals surface area contributed by atoms with Gasteiger partial charge >= 0.3 is 0 Å². The van der Waals surface area contributed by atoms with Crippen molar-refractivity contribution in [3.8, 4) is 0 Å². The van der Waals surface area contributed by atoms with Crippen LogP contribution in [0.5, 0.6) is 0 Å². The second-order valence-electron chi connectivity index (χ2n) is 3.55. The van der Waals surface area contributed by atoms with E-state index in [1.807, 2.05) is 6.92 Å². The van der Waals surface area contributed by atoms with Crippen LogP contribution in [0.4, 0.5) is 14.5 Å². The van der Waals surface area contributed by atoms with Gasteiger partial charge in [0.05, 0.1) is 17.2 Å². The molecule has 0 aliphatic carbocycles. The number of hydrogen-bond acceptors (Lipinski definition) is 3. The average molecular weight is 254 g/mol. The molecule has 0 aliphatic heterocycles. The average Bonchev–Trinajstić information content (AvgIpc) is 2.78. The first-order chi connectivity index (χ1) is 8.19. The van der Waals surface area contributed by atoms with Gasteiger partial charge in [0.25, 0.3) is 0 Å². The minimum absolute atomic E-state index is 0.177. The lowest BCUT2D eigenvalue weighted by molar-refractivity contribution is 0.602. The molecule has 1 N–H and O–H groups in total. The van der Waals surface area contributed by atoms with Crippen molar-refractivity contribution < 1.29 is 8.78 Å². The largest absolute Gasteiger partial charge is 0.378 e. The topological polar surface area (TPSA) is 24.9 Å². The van der Waals surface area contributed by atoms with Crippen molar-refractivity contribution in [2.45, 2.75) is 19.9 Å². The number of halogens is 2. The third-order valence-corrected chi connectivity index (χ3v) is 3.43. The van der Waals surface area contributed by atoms with E-state index in [-0.39, 0.29) is 5.69 Å². The Morgan fingerprint density at radius 1 is 1.35 bits per heavy atom. The molecule has 90 valence electrons. The Hall–Kier alpha value is -1.49. The summed E-state index contributed by atoms with van der Waals surface area (Å²) in [5.74, 6) is -0.904. The molecule has 1 heterocycles. The zero-order valence-electron chi connectivity index (χ0n) is 9.34. The summed E-state index contributed by atoms with van der Waals surface area (Å²) in [5, 5.41) is 3.91. The summed E-state index contributed by atoms with van der Waals surface area (Å²) in [4.78, 5) is 5.20. The Morgan fingerprint density at radius 3 is 2.88 bits per heavy atom. The summed E-state index contributed by atoms with van der Waals surface area (Å²) >= 11 is 1.57. The molecule has 0 bridgehead atoms. The highest BCUT2D eigenvalue weighted by atomic mass is 32.1. The van der Waals surface area contributed by atoms with Crippen LogP contribution in [0.1, 0.15) is 16.8 Å². The second-order valence-corrected chi connectivity index (χ2v) is 4.75. The Balaban J connectivity index is 2.04. The number of aryl methyl sites for hydroxylation is 1. The molecule has 0 amide bonds. The van der Waals surface area contributed by atoms with Crippen LogP contribution in [0.15, 0.2) is 24.4 Å². The van der Waals surface area contributed by atoms with Gasteiger partial charge in [0, 0.05) is 11.1 Å². The van der Waals surface area contributed by atoms with Crippen LogP contribution >= 0.6 is 11.3 Å². The van der Waals surface area contributed by atoms with Gasteiger partial charge in [-0.15, -0.1) is 11.3 Å². The molecule has 2 rings (SSSR count). The number of hydrogen-bond donors (Lipinski definition) is 1. The molecule has 17 heavy (non-hydrogen) atoms. The molecule has 0 saturated heterocycles. The zero-order chi connectivity index (χ0) is 12.3. The van der Waals surface area contributed by atoms with E-state index in [2.05, 4.69) is 10.3 Å². The van der Waals surface area contributed by atoms with Crippen LogP contribution in [0, 0.1) is 11.6 Å². The predicted octanol–water partition coefficient (Wildman–Crippen LogP) is 3.60. The number of nitrogens with zero attached hydrogens (tertiary/aromatic N) is 1. The third kappa shape index (κ3) is 3.00. The lowest BCUT2D eigenvalue weighted by Crippen LogP contribution is -2.00. The molecule has 1 aromatic carbocycles. The van der Waals surface area contributed by atoms with Gasteiger partial charge in [-0.25, -0.2) is 13.8 Å². The number of benzene rings is 1. The first-order valence-electron chi connectivity index (χ1n) is 5.31. The van der Waals surface area contributed by atoms with Crippen LogP contribution in [-0.2, 0) is 13.0 Å². The van der Waals surface area contributed by atoms with E-state index in [0.29, 0.717) is 6.54 Å². The highest BCUT2D eigenvalue weighted by Crippen LogP contribution is 2.18. The van der Waals surface area contributed by atoms with Gasteiger partial charge in [0.1, 0.15) is 11.6 Å². The minimum atomic E-state index is -0.452. The molecule has 0 unspecified atom stereocenters. The molecule has 0 aliphatic rings. The third-order valence-electron chi connectivity index (χ3n) is 2.29. The van der Waals surface area contributed by atoms with Gasteiger partial charge in [-0.05, 0) is 24.6 Å². The van der Waals surface area contributed by atoms with Crippen LogP contribution in [0.2, 0.25) is 0 Å². The molecule has 0 spiro atoms. The first kappa shape index (κ1) is 12.0. The number of nitrogens with one attached hydrogen (secondary N) is 1. The Bertz CT molecular complexity index is 511. The summed E-state index contributed by atoms with van der Waals surface area (Å²) in [7, 11) is 0. The molecule has 2 aromatic rings. The number of aromatic nitrogens is 1. The van der Waals surface area contributed by atoms with Gasteiger partial charge < -0.3 is 5.32 Å². The zero-order valence-corrected chi connectivity index (χ0v) is 10.2. The van der Waals surface area contributed by atoms with Gasteiger partial charge in [0.15, 0.2) is 0 Å². The normalized spacial score (nSPS) is 10.5. The van der Waals surface area contributed by atoms with Gasteiger partial charge in [-0.2, -0.15) is 0 Å². The number of rotatable bonds is 4. The Morgan fingerprint density at radius 2 is 2.18 bits per heavy atom. The maximum Gasteiger partial charge on any atom is 0.146 e. The second kappa shape index (κ2) is 5.23. The number of thiazole rings is 1. The van der Waals surface area contributed by atoms with Crippen LogP contribution in [-0.4, -0.2) is 4.98 Å². The molecule has 0 saturated carbocycles. The summed E-state index contributed by atoms with van der Waals surface area (Å²) < 4.78 is 26.2. The highest BCUT2D eigenvalue weighted by Gasteiger charge is 2.05. The Labute approximate surface area is 102 Å². The lowest BCUT2D eigenvalue weighted by Gasteiger charge is -2.05. The van der Waals surface area contributed by atoms with Crippen molar-refractivity contribution in [2.75, 3.05) is 5.32 Å². The van der Waals surface area contributed by atoms with Crippen molar-refractivity contribution in [3.63, 3.8) is 0 Å². The highest BCUT2D eigenvalue weighted by molar-refractivity contribution is 7.11. The van der Waals surface area contributed by atoms with Crippen molar-refractivity contribution in [3.05, 3.63) is 45.9 Å². The molecule has 2 nitrogen and oxygen atoms in total.